The Kier molecular flexibility index (Phi) is 12.3. The predicted octanol–water partition coefficient (Wildman–Crippen LogP) is 7.24. The fourth-order valence-electron chi connectivity index (χ4n) is 8.70. The number of thiocarbonyl (C=S) groups is 1. The summed E-state index contributed by atoms with van der Waals surface area (Å²) in [5.41, 5.74) is 3.18. The molecule has 4 aromatic heterocycles. The van der Waals surface area contributed by atoms with Crippen LogP contribution in [0, 0.1) is 16.3 Å². The van der Waals surface area contributed by atoms with Crippen molar-refractivity contribution >= 4 is 102 Å². The van der Waals surface area contributed by atoms with Crippen LogP contribution >= 0.6 is 34.8 Å². The number of ether oxygens (including phenoxy) is 2. The molecule has 0 spiro atoms. The van der Waals surface area contributed by atoms with Gasteiger partial charge in [-0.3, -0.25) is 28.1 Å². The normalized spacial score (nSPS) is 14.2. The number of aromatic nitrogens is 5. The van der Waals surface area contributed by atoms with Crippen molar-refractivity contribution in [2.75, 3.05) is 48.5 Å². The van der Waals surface area contributed by atoms with Gasteiger partial charge in [-0.15, -0.1) is 0 Å². The van der Waals surface area contributed by atoms with Crippen LogP contribution in [0.2, 0.25) is 0 Å². The van der Waals surface area contributed by atoms with Crippen LogP contribution in [0.25, 0.3) is 38.7 Å². The van der Waals surface area contributed by atoms with Gasteiger partial charge in [0.2, 0.25) is 12.7 Å². The third-order valence-corrected chi connectivity index (χ3v) is 13.3. The molecule has 1 aliphatic carbocycles. The number of carbonyl (C=O) groups excluding carboxylic acids is 1. The number of pyridine rings is 1. The van der Waals surface area contributed by atoms with E-state index < -0.39 is 22.6 Å². The molecule has 17 nitrogen and oxygen atoms in total. The molecule has 11 rings (SSSR count). The molecule has 2 aliphatic heterocycles. The van der Waals surface area contributed by atoms with E-state index in [1.807, 2.05) is 65.1 Å². The van der Waals surface area contributed by atoms with Gasteiger partial charge in [0.15, 0.2) is 28.0 Å². The number of rotatable bonds is 8. The smallest absolute Gasteiger partial charge is 0.336 e. The zero-order chi connectivity index (χ0) is 48.1. The molecule has 1 amide bonds. The molecular formula is C49H44FIN10O7S. The van der Waals surface area contributed by atoms with Gasteiger partial charge in [0.05, 0.1) is 16.9 Å². The number of hydrogen-bond acceptors (Lipinski definition) is 12. The van der Waals surface area contributed by atoms with E-state index >= 15 is 0 Å². The Morgan fingerprint density at radius 1 is 0.913 bits per heavy atom. The minimum Gasteiger partial charge on any atom is -0.454 e. The number of para-hydroxylation sites is 1. The first kappa shape index (κ1) is 45.5. The summed E-state index contributed by atoms with van der Waals surface area (Å²) in [4.78, 5) is 66.0. The summed E-state index contributed by atoms with van der Waals surface area (Å²) in [5.74, 6) is 1.66. The van der Waals surface area contributed by atoms with Gasteiger partial charge in [0, 0.05) is 72.9 Å². The van der Waals surface area contributed by atoms with E-state index in [1.165, 1.54) is 39.8 Å². The number of nitrogens with zero attached hydrogens (tertiary/aromatic N) is 7. The molecule has 2 fully saturated rings. The number of nitrogens with one attached hydrogen (secondary N) is 3. The lowest BCUT2D eigenvalue weighted by atomic mass is 10.1. The second-order valence-electron chi connectivity index (χ2n) is 16.9. The molecule has 0 radical (unpaired) electrons. The van der Waals surface area contributed by atoms with Gasteiger partial charge in [-0.2, -0.15) is 0 Å². The Balaban J connectivity index is 0.000000162. The van der Waals surface area contributed by atoms with Crippen molar-refractivity contribution in [2.24, 2.45) is 7.05 Å². The van der Waals surface area contributed by atoms with E-state index in [2.05, 4.69) is 35.7 Å². The molecular weight excluding hydrogens is 1020 g/mol. The first-order chi connectivity index (χ1) is 33.3. The Labute approximate surface area is 411 Å². The van der Waals surface area contributed by atoms with E-state index in [0.717, 1.165) is 76.2 Å². The molecule has 6 heterocycles. The van der Waals surface area contributed by atoms with Gasteiger partial charge in [-0.1, -0.05) is 24.3 Å². The molecule has 8 aromatic rings. The third-order valence-electron chi connectivity index (χ3n) is 12.3. The van der Waals surface area contributed by atoms with Crippen molar-refractivity contribution in [1.29, 1.82) is 0 Å². The molecule has 1 saturated heterocycles. The van der Waals surface area contributed by atoms with Crippen LogP contribution in [0.5, 0.6) is 11.5 Å². The number of anilines is 4. The van der Waals surface area contributed by atoms with E-state index in [-0.39, 0.29) is 46.7 Å². The van der Waals surface area contributed by atoms with Crippen molar-refractivity contribution in [3.05, 3.63) is 143 Å². The number of furan rings is 1. The highest BCUT2D eigenvalue weighted by atomic mass is 127. The lowest BCUT2D eigenvalue weighted by molar-refractivity contribution is -0.114. The standard InChI is InChI=1S/C26H23FIN5O4.C23H21N5O3S/c1-13-22-21(23(31(3)24(13)35)30-20-10-7-15(28)11-19(20)27)25(36)33(17-8-9-17)26(37)32(22)18-6-4-5-16(12-18)29-14(2)34;32-23(24-12-15-5-6-18-19(11-15)30-14-29-18)28-9-7-27(8-10-28)22-21-20(25-13-26-22)16-3-1-2-4-17(16)31-21/h4-7,10-12,17,30H,8-9H2,1-3H3,(H,29,34);1-6,11,13H,7-10,12,14H2,(H,24,32). The van der Waals surface area contributed by atoms with Crippen molar-refractivity contribution in [3.8, 4) is 17.2 Å². The molecule has 1 saturated carbocycles. The van der Waals surface area contributed by atoms with Crippen LogP contribution < -0.4 is 47.1 Å². The molecule has 0 atom stereocenters. The van der Waals surface area contributed by atoms with Gasteiger partial charge in [0.1, 0.15) is 34.4 Å². The zero-order valence-electron chi connectivity index (χ0n) is 37.5. The fraction of sp³-hybridized carbons (Fsp3) is 0.245. The molecule has 0 bridgehead atoms. The lowest BCUT2D eigenvalue weighted by Crippen LogP contribution is -2.51. The summed E-state index contributed by atoms with van der Waals surface area (Å²) < 4.78 is 36.2. The molecule has 20 heteroatoms. The molecule has 3 aliphatic rings. The van der Waals surface area contributed by atoms with Gasteiger partial charge in [-0.05, 0) is 121 Å². The predicted molar refractivity (Wildman–Crippen MR) is 274 cm³/mol. The molecule has 0 unspecified atom stereocenters. The van der Waals surface area contributed by atoms with Crippen LogP contribution in [-0.4, -0.2) is 72.6 Å². The lowest BCUT2D eigenvalue weighted by Gasteiger charge is -2.36. The average molecular weight is 1060 g/mol. The first-order valence-corrected chi connectivity index (χ1v) is 23.6. The van der Waals surface area contributed by atoms with Crippen molar-refractivity contribution in [3.63, 3.8) is 0 Å². The van der Waals surface area contributed by atoms with E-state index in [0.29, 0.717) is 34.3 Å². The number of aryl methyl sites for hydroxylation is 1. The summed E-state index contributed by atoms with van der Waals surface area (Å²) in [6, 6.07) is 24.8. The van der Waals surface area contributed by atoms with Crippen LogP contribution in [0.4, 0.5) is 27.4 Å². The molecule has 352 valence electrons. The maximum absolute atomic E-state index is 14.8. The van der Waals surface area contributed by atoms with Crippen molar-refractivity contribution in [2.45, 2.75) is 39.3 Å². The van der Waals surface area contributed by atoms with Crippen LogP contribution in [0.3, 0.4) is 0 Å². The number of fused-ring (bicyclic) bond motifs is 5. The number of amides is 1. The minimum absolute atomic E-state index is 0.0804. The van der Waals surface area contributed by atoms with E-state index in [4.69, 9.17) is 26.1 Å². The van der Waals surface area contributed by atoms with Crippen LogP contribution in [0.1, 0.15) is 36.9 Å². The topological polar surface area (TPSA) is 183 Å². The van der Waals surface area contributed by atoms with Crippen molar-refractivity contribution in [1.82, 2.24) is 33.9 Å². The first-order valence-electron chi connectivity index (χ1n) is 22.1. The van der Waals surface area contributed by atoms with Gasteiger partial charge >= 0.3 is 5.69 Å². The van der Waals surface area contributed by atoms with Gasteiger partial charge < -0.3 is 39.6 Å². The summed E-state index contributed by atoms with van der Waals surface area (Å²) in [5, 5.41) is 10.8. The maximum atomic E-state index is 14.8. The monoisotopic (exact) mass is 1060 g/mol. The third kappa shape index (κ3) is 8.84. The number of piperazine rings is 1. The van der Waals surface area contributed by atoms with Gasteiger partial charge in [0.25, 0.3) is 11.1 Å². The number of hydrogen-bond donors (Lipinski definition) is 3. The van der Waals surface area contributed by atoms with Crippen LogP contribution in [-0.2, 0) is 18.4 Å². The number of halogens is 2. The zero-order valence-corrected chi connectivity index (χ0v) is 40.5. The Bertz CT molecular complexity index is 3560. The van der Waals surface area contributed by atoms with E-state index in [1.54, 1.807) is 43.6 Å². The summed E-state index contributed by atoms with van der Waals surface area (Å²) in [6.45, 7) is 7.05. The molecule has 3 N–H and O–H groups in total. The Morgan fingerprint density at radius 2 is 1.70 bits per heavy atom. The number of carbonyl (C=O) groups is 1. The highest BCUT2D eigenvalue weighted by Gasteiger charge is 2.32. The quantitative estimate of drug-likeness (QED) is 0.102. The highest BCUT2D eigenvalue weighted by molar-refractivity contribution is 14.1. The van der Waals surface area contributed by atoms with Crippen LogP contribution in [0.15, 0.2) is 110 Å². The fourth-order valence-corrected chi connectivity index (χ4v) is 9.41. The second kappa shape index (κ2) is 18.6. The largest absolute Gasteiger partial charge is 0.454 e. The number of benzene rings is 4. The van der Waals surface area contributed by atoms with E-state index in [9.17, 15) is 23.6 Å². The molecule has 69 heavy (non-hydrogen) atoms. The highest BCUT2D eigenvalue weighted by Crippen LogP contribution is 2.36. The maximum Gasteiger partial charge on any atom is 0.336 e. The molecule has 4 aromatic carbocycles. The van der Waals surface area contributed by atoms with Crippen molar-refractivity contribution < 1.29 is 23.1 Å². The second-order valence-corrected chi connectivity index (χ2v) is 18.5. The average Bonchev–Trinajstić information content (AvgIpc) is 3.93. The minimum atomic E-state index is -0.581. The summed E-state index contributed by atoms with van der Waals surface area (Å²) in [7, 11) is 1.50. The summed E-state index contributed by atoms with van der Waals surface area (Å²) in [6.07, 6.45) is 2.96. The SMILES string of the molecule is CC(=O)Nc1cccc(-n2c(=O)n(C3CC3)c(=O)c3c(Nc4ccc(I)cc4F)n(C)c(=O)c(C)c32)c1.S=C(NCc1ccc2c(c1)OCO2)N1CCN(c2ncnc3c2oc2ccccc23)CC1. The Morgan fingerprint density at radius 3 is 2.46 bits per heavy atom. The van der Waals surface area contributed by atoms with Gasteiger partial charge in [-0.25, -0.2) is 19.2 Å². The summed E-state index contributed by atoms with van der Waals surface area (Å²) >= 11 is 7.64. The Hall–Kier alpha value is -7.33.